The van der Waals surface area contributed by atoms with Gasteiger partial charge in [-0.2, -0.15) is 11.8 Å². The van der Waals surface area contributed by atoms with Crippen LogP contribution in [0.2, 0.25) is 0 Å². The lowest BCUT2D eigenvalue weighted by Gasteiger charge is -2.33. The molecule has 5 heteroatoms. The normalized spacial score (nSPS) is 28.3. The van der Waals surface area contributed by atoms with E-state index in [9.17, 15) is 4.79 Å². The molecule has 0 radical (unpaired) electrons. The summed E-state index contributed by atoms with van der Waals surface area (Å²) < 4.78 is 11.6. The molecule has 24 heavy (non-hydrogen) atoms. The first-order valence-corrected chi connectivity index (χ1v) is 11.0. The molecule has 140 valence electrons. The second-order valence-electron chi connectivity index (χ2n) is 7.55. The summed E-state index contributed by atoms with van der Waals surface area (Å²) in [6.07, 6.45) is 11.7. The van der Waals surface area contributed by atoms with E-state index in [1.807, 2.05) is 30.5 Å². The number of ether oxygens (including phenoxy) is 2. The number of epoxide rings is 1. The summed E-state index contributed by atoms with van der Waals surface area (Å²) >= 11 is 1.82. The van der Waals surface area contributed by atoms with Crippen LogP contribution in [0.25, 0.3) is 0 Å². The predicted octanol–water partition coefficient (Wildman–Crippen LogP) is 4.22. The zero-order valence-corrected chi connectivity index (χ0v) is 16.7. The van der Waals surface area contributed by atoms with Gasteiger partial charge in [0.1, 0.15) is 5.72 Å². The lowest BCUT2D eigenvalue weighted by molar-refractivity contribution is -0.147. The van der Waals surface area contributed by atoms with Crippen LogP contribution in [-0.2, 0) is 14.3 Å². The lowest BCUT2D eigenvalue weighted by Crippen LogP contribution is -2.50. The summed E-state index contributed by atoms with van der Waals surface area (Å²) in [7, 11) is 0. The van der Waals surface area contributed by atoms with Gasteiger partial charge < -0.3 is 14.4 Å². The van der Waals surface area contributed by atoms with Crippen molar-refractivity contribution in [1.82, 2.24) is 4.90 Å². The summed E-state index contributed by atoms with van der Waals surface area (Å²) in [5, 5.41) is 0. The third kappa shape index (κ3) is 5.37. The van der Waals surface area contributed by atoms with E-state index < -0.39 is 5.72 Å². The fourth-order valence-electron chi connectivity index (χ4n) is 3.64. The fourth-order valence-corrected chi connectivity index (χ4v) is 4.15. The Morgan fingerprint density at radius 3 is 2.58 bits per heavy atom. The average molecular weight is 358 g/mol. The Kier molecular flexibility index (Phi) is 7.89. The molecule has 2 saturated heterocycles. The summed E-state index contributed by atoms with van der Waals surface area (Å²) in [5.41, 5.74) is -0.503. The predicted molar refractivity (Wildman–Crippen MR) is 100 cm³/mol. The standard InChI is InChI=1S/C19H35NO3S/c1-5-6-7-8-9-10-11-16-17(23-16)18(21)20-15(12-13-24-4)14-22-19(20,2)3/h15-17H,5-14H2,1-4H3/t15-,16+,17-/m0/s1. The molecule has 2 heterocycles. The van der Waals surface area contributed by atoms with Crippen LogP contribution in [0, 0.1) is 0 Å². The molecule has 0 bridgehead atoms. The highest BCUT2D eigenvalue weighted by atomic mass is 32.2. The molecule has 2 aliphatic heterocycles. The topological polar surface area (TPSA) is 42.1 Å². The summed E-state index contributed by atoms with van der Waals surface area (Å²) in [6.45, 7) is 6.88. The van der Waals surface area contributed by atoms with Crippen LogP contribution in [-0.4, -0.2) is 53.4 Å². The van der Waals surface area contributed by atoms with Gasteiger partial charge >= 0.3 is 0 Å². The Morgan fingerprint density at radius 1 is 1.17 bits per heavy atom. The van der Waals surface area contributed by atoms with E-state index in [1.165, 1.54) is 38.5 Å². The summed E-state index contributed by atoms with van der Waals surface area (Å²) in [5.74, 6) is 1.19. The molecule has 0 spiro atoms. The molecule has 0 aromatic carbocycles. The van der Waals surface area contributed by atoms with Gasteiger partial charge in [0, 0.05) is 0 Å². The number of amides is 1. The summed E-state index contributed by atoms with van der Waals surface area (Å²) in [4.78, 5) is 14.8. The van der Waals surface area contributed by atoms with Crippen molar-refractivity contribution >= 4 is 17.7 Å². The van der Waals surface area contributed by atoms with Crippen molar-refractivity contribution < 1.29 is 14.3 Å². The molecule has 1 amide bonds. The first-order valence-electron chi connectivity index (χ1n) is 9.62. The zero-order valence-electron chi connectivity index (χ0n) is 15.9. The Morgan fingerprint density at radius 2 is 1.88 bits per heavy atom. The van der Waals surface area contributed by atoms with Gasteiger partial charge in [0.05, 0.1) is 18.8 Å². The summed E-state index contributed by atoms with van der Waals surface area (Å²) in [6, 6.07) is 0.193. The first kappa shape index (κ1) is 20.1. The number of unbranched alkanes of at least 4 members (excludes halogenated alkanes) is 5. The van der Waals surface area contributed by atoms with Gasteiger partial charge in [-0.1, -0.05) is 45.4 Å². The minimum Gasteiger partial charge on any atom is -0.359 e. The van der Waals surface area contributed by atoms with E-state index in [0.29, 0.717) is 6.61 Å². The van der Waals surface area contributed by atoms with E-state index in [0.717, 1.165) is 18.6 Å². The van der Waals surface area contributed by atoms with Crippen molar-refractivity contribution in [2.45, 2.75) is 96.1 Å². The Balaban J connectivity index is 1.74. The number of nitrogens with zero attached hydrogens (tertiary/aromatic N) is 1. The highest BCUT2D eigenvalue weighted by Gasteiger charge is 2.53. The molecule has 0 aromatic rings. The van der Waals surface area contributed by atoms with Crippen molar-refractivity contribution in [3.05, 3.63) is 0 Å². The van der Waals surface area contributed by atoms with E-state index in [-0.39, 0.29) is 24.2 Å². The molecule has 0 unspecified atom stereocenters. The van der Waals surface area contributed by atoms with Crippen molar-refractivity contribution in [3.8, 4) is 0 Å². The number of hydrogen-bond acceptors (Lipinski definition) is 4. The quantitative estimate of drug-likeness (QED) is 0.410. The highest BCUT2D eigenvalue weighted by Crippen LogP contribution is 2.36. The van der Waals surface area contributed by atoms with Crippen molar-refractivity contribution in [2.24, 2.45) is 0 Å². The van der Waals surface area contributed by atoms with Crippen LogP contribution in [0.4, 0.5) is 0 Å². The molecular weight excluding hydrogens is 322 g/mol. The number of thioether (sulfide) groups is 1. The highest BCUT2D eigenvalue weighted by molar-refractivity contribution is 7.98. The third-order valence-corrected chi connectivity index (χ3v) is 5.78. The van der Waals surface area contributed by atoms with Gasteiger partial charge in [-0.3, -0.25) is 4.79 Å². The van der Waals surface area contributed by atoms with E-state index >= 15 is 0 Å². The Labute approximate surface area is 152 Å². The Hall–Kier alpha value is -0.260. The third-order valence-electron chi connectivity index (χ3n) is 5.13. The molecule has 2 rings (SSSR count). The molecule has 2 aliphatic rings. The smallest absolute Gasteiger partial charge is 0.257 e. The zero-order chi connectivity index (χ0) is 17.6. The molecule has 0 N–H and O–H groups in total. The van der Waals surface area contributed by atoms with Gasteiger partial charge in [-0.15, -0.1) is 0 Å². The molecule has 3 atom stereocenters. The van der Waals surface area contributed by atoms with E-state index in [4.69, 9.17) is 9.47 Å². The fraction of sp³-hybridized carbons (Fsp3) is 0.947. The van der Waals surface area contributed by atoms with Gasteiger partial charge in [-0.05, 0) is 38.7 Å². The van der Waals surface area contributed by atoms with Crippen molar-refractivity contribution in [3.63, 3.8) is 0 Å². The number of rotatable bonds is 11. The molecule has 0 saturated carbocycles. The molecule has 2 fully saturated rings. The second kappa shape index (κ2) is 9.44. The monoisotopic (exact) mass is 357 g/mol. The molecule has 0 aromatic heterocycles. The first-order chi connectivity index (χ1) is 11.5. The largest absolute Gasteiger partial charge is 0.359 e. The van der Waals surface area contributed by atoms with E-state index in [1.54, 1.807) is 0 Å². The minimum atomic E-state index is -0.503. The molecule has 0 aliphatic carbocycles. The number of hydrogen-bond donors (Lipinski definition) is 0. The maximum atomic E-state index is 12.9. The van der Waals surface area contributed by atoms with E-state index in [2.05, 4.69) is 13.2 Å². The minimum absolute atomic E-state index is 0.139. The van der Waals surface area contributed by atoms with Crippen LogP contribution < -0.4 is 0 Å². The van der Waals surface area contributed by atoms with Crippen LogP contribution in [0.15, 0.2) is 0 Å². The number of carbonyl (C=O) groups excluding carboxylic acids is 1. The van der Waals surface area contributed by atoms with Crippen molar-refractivity contribution in [1.29, 1.82) is 0 Å². The lowest BCUT2D eigenvalue weighted by atomic mass is 10.1. The van der Waals surface area contributed by atoms with Crippen LogP contribution in [0.1, 0.15) is 72.1 Å². The SMILES string of the molecule is CCCCCCCC[C@H]1O[C@@H]1C(=O)N1[C@@H](CCSC)COC1(C)C. The van der Waals surface area contributed by atoms with Gasteiger partial charge in [-0.25, -0.2) is 0 Å². The maximum Gasteiger partial charge on any atom is 0.257 e. The van der Waals surface area contributed by atoms with Crippen LogP contribution in [0.3, 0.4) is 0 Å². The average Bonchev–Trinajstić information content (AvgIpc) is 3.25. The van der Waals surface area contributed by atoms with Gasteiger partial charge in [0.2, 0.25) is 0 Å². The van der Waals surface area contributed by atoms with Gasteiger partial charge in [0.25, 0.3) is 5.91 Å². The second-order valence-corrected chi connectivity index (χ2v) is 8.54. The van der Waals surface area contributed by atoms with Crippen molar-refractivity contribution in [2.75, 3.05) is 18.6 Å². The molecule has 4 nitrogen and oxygen atoms in total. The van der Waals surface area contributed by atoms with Gasteiger partial charge in [0.15, 0.2) is 6.10 Å². The number of carbonyl (C=O) groups is 1. The molecular formula is C19H35NO3S. The maximum absolute atomic E-state index is 12.9. The van der Waals surface area contributed by atoms with Crippen LogP contribution in [0.5, 0.6) is 0 Å². The Bertz CT molecular complexity index is 402. The van der Waals surface area contributed by atoms with Crippen LogP contribution >= 0.6 is 11.8 Å².